The van der Waals surface area contributed by atoms with E-state index in [9.17, 15) is 0 Å². The minimum atomic E-state index is 0.434. The molecule has 17 heavy (non-hydrogen) atoms. The molecule has 94 valence electrons. The van der Waals surface area contributed by atoms with Gasteiger partial charge in [0, 0.05) is 24.8 Å². The van der Waals surface area contributed by atoms with Crippen LogP contribution >= 0.6 is 0 Å². The van der Waals surface area contributed by atoms with E-state index in [0.29, 0.717) is 6.04 Å². The topological polar surface area (TPSA) is 15.3 Å². The number of benzene rings is 1. The number of hydrogen-bond acceptors (Lipinski definition) is 2. The van der Waals surface area contributed by atoms with E-state index in [1.54, 1.807) is 0 Å². The molecule has 1 aliphatic heterocycles. The minimum absolute atomic E-state index is 0.434. The summed E-state index contributed by atoms with van der Waals surface area (Å²) < 4.78 is 0. The predicted molar refractivity (Wildman–Crippen MR) is 74.5 cm³/mol. The summed E-state index contributed by atoms with van der Waals surface area (Å²) in [5.41, 5.74) is 2.73. The van der Waals surface area contributed by atoms with E-state index in [2.05, 4.69) is 55.3 Å². The summed E-state index contributed by atoms with van der Waals surface area (Å²) in [5, 5.41) is 3.27. The molecule has 0 amide bonds. The van der Waals surface area contributed by atoms with E-state index >= 15 is 0 Å². The molecule has 0 bridgehead atoms. The second kappa shape index (κ2) is 5.09. The van der Waals surface area contributed by atoms with Gasteiger partial charge in [-0.3, -0.25) is 0 Å². The Morgan fingerprint density at radius 1 is 1.12 bits per heavy atom. The van der Waals surface area contributed by atoms with Crippen molar-refractivity contribution in [1.82, 2.24) is 5.32 Å². The maximum absolute atomic E-state index is 3.27. The van der Waals surface area contributed by atoms with E-state index in [-0.39, 0.29) is 0 Å². The number of rotatable bonds is 4. The van der Waals surface area contributed by atoms with Crippen LogP contribution in [0.5, 0.6) is 0 Å². The lowest BCUT2D eigenvalue weighted by Crippen LogP contribution is -2.49. The first-order valence-electron chi connectivity index (χ1n) is 6.64. The van der Waals surface area contributed by atoms with Crippen LogP contribution in [0.15, 0.2) is 24.3 Å². The molecule has 0 spiro atoms. The summed E-state index contributed by atoms with van der Waals surface area (Å²) in [5.74, 6) is 1.70. The molecule has 2 nitrogen and oxygen atoms in total. The lowest BCUT2D eigenvalue weighted by molar-refractivity contribution is 0.310. The molecule has 1 N–H and O–H groups in total. The molecule has 1 aliphatic rings. The van der Waals surface area contributed by atoms with Crippen LogP contribution in [-0.2, 0) is 0 Å². The third kappa shape index (κ3) is 2.63. The highest BCUT2D eigenvalue weighted by Gasteiger charge is 2.28. The normalized spacial score (nSPS) is 18.3. The first kappa shape index (κ1) is 12.4. The number of nitrogens with zero attached hydrogens (tertiary/aromatic N) is 1. The van der Waals surface area contributed by atoms with Crippen molar-refractivity contribution < 1.29 is 0 Å². The van der Waals surface area contributed by atoms with Crippen LogP contribution in [0.1, 0.15) is 32.4 Å². The Morgan fingerprint density at radius 3 is 2.18 bits per heavy atom. The summed E-state index contributed by atoms with van der Waals surface area (Å²) in [6.07, 6.45) is 0. The van der Waals surface area contributed by atoms with Gasteiger partial charge < -0.3 is 10.2 Å². The Labute approximate surface area is 105 Å². The molecule has 0 radical (unpaired) electrons. The fourth-order valence-electron chi connectivity index (χ4n) is 2.29. The zero-order chi connectivity index (χ0) is 12.4. The maximum Gasteiger partial charge on any atom is 0.0366 e. The highest BCUT2D eigenvalue weighted by atomic mass is 15.2. The molecule has 0 aromatic heterocycles. The standard InChI is InChI=1S/C15H24N2/c1-11(2)14-9-17(10-14)15-7-5-13(6-8-15)12(3)16-4/h5-8,11-12,14,16H,9-10H2,1-4H3. The van der Waals surface area contributed by atoms with E-state index < -0.39 is 0 Å². The predicted octanol–water partition coefficient (Wildman–Crippen LogP) is 3.06. The number of anilines is 1. The second-order valence-corrected chi connectivity index (χ2v) is 5.51. The lowest BCUT2D eigenvalue weighted by atomic mass is 9.88. The molecule has 1 aromatic rings. The van der Waals surface area contributed by atoms with E-state index in [1.165, 1.54) is 24.3 Å². The molecule has 0 saturated carbocycles. The Balaban J connectivity index is 1.96. The van der Waals surface area contributed by atoms with Crippen molar-refractivity contribution in [2.24, 2.45) is 11.8 Å². The molecule has 1 aromatic carbocycles. The second-order valence-electron chi connectivity index (χ2n) is 5.51. The van der Waals surface area contributed by atoms with E-state index in [0.717, 1.165) is 11.8 Å². The van der Waals surface area contributed by atoms with Crippen molar-refractivity contribution in [1.29, 1.82) is 0 Å². The number of hydrogen-bond donors (Lipinski definition) is 1. The van der Waals surface area contributed by atoms with Crippen LogP contribution in [0.4, 0.5) is 5.69 Å². The van der Waals surface area contributed by atoms with Crippen LogP contribution in [0.25, 0.3) is 0 Å². The Hall–Kier alpha value is -1.02. The fourth-order valence-corrected chi connectivity index (χ4v) is 2.29. The van der Waals surface area contributed by atoms with Crippen LogP contribution in [0, 0.1) is 11.8 Å². The van der Waals surface area contributed by atoms with Crippen LogP contribution in [0.2, 0.25) is 0 Å². The van der Waals surface area contributed by atoms with Crippen LogP contribution in [0.3, 0.4) is 0 Å². The van der Waals surface area contributed by atoms with Crippen molar-refractivity contribution >= 4 is 5.69 Å². The number of nitrogens with one attached hydrogen (secondary N) is 1. The van der Waals surface area contributed by atoms with Crippen molar-refractivity contribution in [3.63, 3.8) is 0 Å². The Morgan fingerprint density at radius 2 is 1.71 bits per heavy atom. The average Bonchev–Trinajstić information content (AvgIpc) is 2.26. The monoisotopic (exact) mass is 232 g/mol. The molecular formula is C15H24N2. The molecule has 1 saturated heterocycles. The third-order valence-electron chi connectivity index (χ3n) is 4.04. The lowest BCUT2D eigenvalue weighted by Gasteiger charge is -2.43. The average molecular weight is 232 g/mol. The first-order valence-corrected chi connectivity index (χ1v) is 6.64. The van der Waals surface area contributed by atoms with Crippen LogP contribution < -0.4 is 10.2 Å². The quantitative estimate of drug-likeness (QED) is 0.858. The summed E-state index contributed by atoms with van der Waals surface area (Å²) in [4.78, 5) is 2.47. The molecule has 2 heteroatoms. The van der Waals surface area contributed by atoms with Gasteiger partial charge in [-0.2, -0.15) is 0 Å². The van der Waals surface area contributed by atoms with Gasteiger partial charge in [0.25, 0.3) is 0 Å². The van der Waals surface area contributed by atoms with Gasteiger partial charge in [-0.1, -0.05) is 26.0 Å². The van der Waals surface area contributed by atoms with Gasteiger partial charge in [0.05, 0.1) is 0 Å². The first-order chi connectivity index (χ1) is 8.11. The van der Waals surface area contributed by atoms with E-state index in [1.807, 2.05) is 7.05 Å². The Bertz CT molecular complexity index is 350. The zero-order valence-corrected chi connectivity index (χ0v) is 11.4. The molecule has 1 unspecified atom stereocenters. The van der Waals surface area contributed by atoms with Gasteiger partial charge in [0.2, 0.25) is 0 Å². The molecule has 1 atom stereocenters. The SMILES string of the molecule is CNC(C)c1ccc(N2CC(C(C)C)C2)cc1. The largest absolute Gasteiger partial charge is 0.371 e. The van der Waals surface area contributed by atoms with Gasteiger partial charge in [-0.05, 0) is 43.5 Å². The van der Waals surface area contributed by atoms with E-state index in [4.69, 9.17) is 0 Å². The van der Waals surface area contributed by atoms with Crippen molar-refractivity contribution in [2.75, 3.05) is 25.0 Å². The Kier molecular flexibility index (Phi) is 3.72. The highest BCUT2D eigenvalue weighted by Crippen LogP contribution is 2.29. The van der Waals surface area contributed by atoms with Gasteiger partial charge in [-0.25, -0.2) is 0 Å². The fraction of sp³-hybridized carbons (Fsp3) is 0.600. The molecule has 2 rings (SSSR count). The highest BCUT2D eigenvalue weighted by molar-refractivity contribution is 5.50. The van der Waals surface area contributed by atoms with Crippen molar-refractivity contribution in [3.05, 3.63) is 29.8 Å². The molecule has 1 heterocycles. The summed E-state index contributed by atoms with van der Waals surface area (Å²) in [6, 6.07) is 9.40. The molecule has 0 aliphatic carbocycles. The van der Waals surface area contributed by atoms with Gasteiger partial charge in [0.15, 0.2) is 0 Å². The van der Waals surface area contributed by atoms with Gasteiger partial charge in [0.1, 0.15) is 0 Å². The molecular weight excluding hydrogens is 208 g/mol. The smallest absolute Gasteiger partial charge is 0.0366 e. The summed E-state index contributed by atoms with van der Waals surface area (Å²) in [6.45, 7) is 9.27. The van der Waals surface area contributed by atoms with Crippen molar-refractivity contribution in [2.45, 2.75) is 26.8 Å². The molecule has 1 fully saturated rings. The summed E-state index contributed by atoms with van der Waals surface area (Å²) >= 11 is 0. The van der Waals surface area contributed by atoms with Crippen LogP contribution in [-0.4, -0.2) is 20.1 Å². The van der Waals surface area contributed by atoms with Crippen molar-refractivity contribution in [3.8, 4) is 0 Å². The third-order valence-corrected chi connectivity index (χ3v) is 4.04. The van der Waals surface area contributed by atoms with Gasteiger partial charge in [-0.15, -0.1) is 0 Å². The van der Waals surface area contributed by atoms with Gasteiger partial charge >= 0.3 is 0 Å². The zero-order valence-electron chi connectivity index (χ0n) is 11.4. The summed E-state index contributed by atoms with van der Waals surface area (Å²) in [7, 11) is 2.00. The maximum atomic E-state index is 3.27. The minimum Gasteiger partial charge on any atom is -0.371 e.